The van der Waals surface area contributed by atoms with Crippen molar-refractivity contribution < 1.29 is 9.53 Å². The molecule has 7 heteroatoms. The van der Waals surface area contributed by atoms with E-state index in [0.717, 1.165) is 29.7 Å². The SMILES string of the molecule is Cc1cc(C)cc(-n2ncc3c(OCC(=O)NC4CC4)ncnc32)c1. The first-order valence-electron chi connectivity index (χ1n) is 8.30. The Bertz CT molecular complexity index is 926. The number of rotatable bonds is 5. The summed E-state index contributed by atoms with van der Waals surface area (Å²) in [7, 11) is 0. The minimum atomic E-state index is -0.129. The summed E-state index contributed by atoms with van der Waals surface area (Å²) >= 11 is 0. The fourth-order valence-corrected chi connectivity index (χ4v) is 2.83. The van der Waals surface area contributed by atoms with E-state index >= 15 is 0 Å². The molecular formula is C18H19N5O2. The van der Waals surface area contributed by atoms with Gasteiger partial charge in [0.15, 0.2) is 12.3 Å². The molecule has 3 aromatic rings. The number of hydrogen-bond acceptors (Lipinski definition) is 5. The van der Waals surface area contributed by atoms with Crippen molar-refractivity contribution in [3.05, 3.63) is 41.9 Å². The summed E-state index contributed by atoms with van der Waals surface area (Å²) in [4.78, 5) is 20.3. The Morgan fingerprint density at radius 1 is 1.24 bits per heavy atom. The van der Waals surface area contributed by atoms with Gasteiger partial charge in [-0.25, -0.2) is 14.6 Å². The van der Waals surface area contributed by atoms with E-state index in [9.17, 15) is 4.79 Å². The van der Waals surface area contributed by atoms with Crippen LogP contribution in [0, 0.1) is 13.8 Å². The molecule has 4 rings (SSSR count). The predicted octanol–water partition coefficient (Wildman–Crippen LogP) is 2.09. The minimum Gasteiger partial charge on any atom is -0.467 e. The molecule has 0 aliphatic heterocycles. The van der Waals surface area contributed by atoms with Crippen LogP contribution in [0.1, 0.15) is 24.0 Å². The first-order valence-corrected chi connectivity index (χ1v) is 8.30. The second-order valence-corrected chi connectivity index (χ2v) is 6.45. The Kier molecular flexibility index (Phi) is 3.83. The Morgan fingerprint density at radius 2 is 2.00 bits per heavy atom. The van der Waals surface area contributed by atoms with Crippen molar-refractivity contribution in [2.45, 2.75) is 32.7 Å². The van der Waals surface area contributed by atoms with Crippen molar-refractivity contribution in [2.24, 2.45) is 0 Å². The maximum absolute atomic E-state index is 11.8. The van der Waals surface area contributed by atoms with Crippen molar-refractivity contribution in [2.75, 3.05) is 6.61 Å². The molecule has 1 aliphatic rings. The predicted molar refractivity (Wildman–Crippen MR) is 92.8 cm³/mol. The summed E-state index contributed by atoms with van der Waals surface area (Å²) in [6.45, 7) is 4.03. The van der Waals surface area contributed by atoms with Gasteiger partial charge < -0.3 is 10.1 Å². The molecule has 128 valence electrons. The molecule has 1 fully saturated rings. The lowest BCUT2D eigenvalue weighted by Gasteiger charge is -2.08. The number of nitrogens with zero attached hydrogens (tertiary/aromatic N) is 4. The Labute approximate surface area is 145 Å². The number of carbonyl (C=O) groups is 1. The van der Waals surface area contributed by atoms with Crippen molar-refractivity contribution in [1.82, 2.24) is 25.1 Å². The topological polar surface area (TPSA) is 81.9 Å². The average Bonchev–Trinajstić information content (AvgIpc) is 3.27. The van der Waals surface area contributed by atoms with Crippen molar-refractivity contribution in [1.29, 1.82) is 0 Å². The fraction of sp³-hybridized carbons (Fsp3) is 0.333. The maximum Gasteiger partial charge on any atom is 0.258 e. The van der Waals surface area contributed by atoms with Crippen LogP contribution >= 0.6 is 0 Å². The van der Waals surface area contributed by atoms with Gasteiger partial charge in [0.25, 0.3) is 5.91 Å². The Hall–Kier alpha value is -2.96. The van der Waals surface area contributed by atoms with Gasteiger partial charge in [-0.2, -0.15) is 5.10 Å². The third kappa shape index (κ3) is 3.31. The monoisotopic (exact) mass is 337 g/mol. The highest BCUT2D eigenvalue weighted by atomic mass is 16.5. The summed E-state index contributed by atoms with van der Waals surface area (Å²) in [5, 5.41) is 8.00. The second-order valence-electron chi connectivity index (χ2n) is 6.45. The number of benzene rings is 1. The van der Waals surface area contributed by atoms with E-state index in [2.05, 4.69) is 26.4 Å². The highest BCUT2D eigenvalue weighted by Gasteiger charge is 2.23. The second kappa shape index (κ2) is 6.16. The molecule has 0 unspecified atom stereocenters. The van der Waals surface area contributed by atoms with Gasteiger partial charge in [0.2, 0.25) is 5.88 Å². The van der Waals surface area contributed by atoms with E-state index in [1.54, 1.807) is 10.9 Å². The lowest BCUT2D eigenvalue weighted by Crippen LogP contribution is -2.30. The average molecular weight is 337 g/mol. The lowest BCUT2D eigenvalue weighted by atomic mass is 10.1. The zero-order valence-electron chi connectivity index (χ0n) is 14.2. The van der Waals surface area contributed by atoms with Crippen molar-refractivity contribution >= 4 is 16.9 Å². The number of amides is 1. The van der Waals surface area contributed by atoms with Crippen LogP contribution in [0.4, 0.5) is 0 Å². The molecule has 1 saturated carbocycles. The van der Waals surface area contributed by atoms with Crippen LogP contribution in [-0.4, -0.2) is 38.3 Å². The van der Waals surface area contributed by atoms with E-state index in [0.29, 0.717) is 23.0 Å². The molecule has 0 spiro atoms. The zero-order valence-corrected chi connectivity index (χ0v) is 14.2. The fourth-order valence-electron chi connectivity index (χ4n) is 2.83. The zero-order chi connectivity index (χ0) is 17.4. The molecule has 1 aromatic carbocycles. The molecule has 7 nitrogen and oxygen atoms in total. The third-order valence-corrected chi connectivity index (χ3v) is 4.06. The molecule has 0 saturated heterocycles. The van der Waals surface area contributed by atoms with Gasteiger partial charge >= 0.3 is 0 Å². The molecule has 25 heavy (non-hydrogen) atoms. The molecule has 0 atom stereocenters. The van der Waals surface area contributed by atoms with Gasteiger partial charge in [-0.1, -0.05) is 6.07 Å². The van der Waals surface area contributed by atoms with Gasteiger partial charge in [0, 0.05) is 6.04 Å². The number of hydrogen-bond donors (Lipinski definition) is 1. The summed E-state index contributed by atoms with van der Waals surface area (Å²) in [5.41, 5.74) is 3.89. The van der Waals surface area contributed by atoms with Crippen LogP contribution in [0.5, 0.6) is 5.88 Å². The molecular weight excluding hydrogens is 318 g/mol. The first-order chi connectivity index (χ1) is 12.1. The molecule has 2 aromatic heterocycles. The number of carbonyl (C=O) groups excluding carboxylic acids is 1. The normalized spacial score (nSPS) is 13.8. The smallest absolute Gasteiger partial charge is 0.258 e. The highest BCUT2D eigenvalue weighted by Crippen LogP contribution is 2.24. The molecule has 1 N–H and O–H groups in total. The summed E-state index contributed by atoms with van der Waals surface area (Å²) in [6.07, 6.45) is 5.19. The van der Waals surface area contributed by atoms with Crippen molar-refractivity contribution in [3.63, 3.8) is 0 Å². The van der Waals surface area contributed by atoms with Crippen LogP contribution in [0.25, 0.3) is 16.7 Å². The van der Waals surface area contributed by atoms with Gasteiger partial charge in [-0.05, 0) is 49.9 Å². The Balaban J connectivity index is 1.62. The molecule has 0 radical (unpaired) electrons. The number of fused-ring (bicyclic) bond motifs is 1. The highest BCUT2D eigenvalue weighted by molar-refractivity contribution is 5.82. The van der Waals surface area contributed by atoms with E-state index in [1.165, 1.54) is 6.33 Å². The van der Waals surface area contributed by atoms with E-state index < -0.39 is 0 Å². The molecule has 0 bridgehead atoms. The van der Waals surface area contributed by atoms with Crippen LogP contribution in [0.15, 0.2) is 30.7 Å². The molecule has 1 amide bonds. The summed E-state index contributed by atoms with van der Waals surface area (Å²) in [5.74, 6) is 0.238. The van der Waals surface area contributed by atoms with E-state index in [1.807, 2.05) is 26.0 Å². The van der Waals surface area contributed by atoms with Crippen LogP contribution < -0.4 is 10.1 Å². The van der Waals surface area contributed by atoms with Gasteiger partial charge in [-0.3, -0.25) is 4.79 Å². The minimum absolute atomic E-state index is 0.0582. The van der Waals surface area contributed by atoms with Gasteiger partial charge in [0.1, 0.15) is 11.7 Å². The standard InChI is InChI=1S/C18H19N5O2/c1-11-5-12(2)7-14(6-11)23-17-15(8-21-23)18(20-10-19-17)25-9-16(24)22-13-3-4-13/h5-8,10,13H,3-4,9H2,1-2H3,(H,22,24). The third-order valence-electron chi connectivity index (χ3n) is 4.06. The Morgan fingerprint density at radius 3 is 2.72 bits per heavy atom. The number of ether oxygens (including phenoxy) is 1. The van der Waals surface area contributed by atoms with Crippen molar-refractivity contribution in [3.8, 4) is 11.6 Å². The van der Waals surface area contributed by atoms with Crippen LogP contribution in [0.2, 0.25) is 0 Å². The molecule has 2 heterocycles. The number of aryl methyl sites for hydroxylation is 2. The quantitative estimate of drug-likeness (QED) is 0.771. The van der Waals surface area contributed by atoms with E-state index in [4.69, 9.17) is 4.74 Å². The summed E-state index contributed by atoms with van der Waals surface area (Å²) < 4.78 is 7.35. The number of aromatic nitrogens is 4. The van der Waals surface area contributed by atoms with Gasteiger partial charge in [-0.15, -0.1) is 0 Å². The summed E-state index contributed by atoms with van der Waals surface area (Å²) in [6, 6.07) is 6.52. The van der Waals surface area contributed by atoms with Gasteiger partial charge in [0.05, 0.1) is 11.9 Å². The maximum atomic E-state index is 11.8. The van der Waals surface area contributed by atoms with Crippen LogP contribution in [-0.2, 0) is 4.79 Å². The number of nitrogens with one attached hydrogen (secondary N) is 1. The largest absolute Gasteiger partial charge is 0.467 e. The van der Waals surface area contributed by atoms with E-state index in [-0.39, 0.29) is 12.5 Å². The first kappa shape index (κ1) is 15.6. The van der Waals surface area contributed by atoms with Crippen LogP contribution in [0.3, 0.4) is 0 Å². The molecule has 1 aliphatic carbocycles. The lowest BCUT2D eigenvalue weighted by molar-refractivity contribution is -0.123.